The third-order valence-electron chi connectivity index (χ3n) is 7.24. The zero-order chi connectivity index (χ0) is 25.5. The fraction of sp³-hybridized carbons (Fsp3) is 0.600. The molecule has 1 saturated heterocycles. The first kappa shape index (κ1) is 32.3. The van der Waals surface area contributed by atoms with Crippen LogP contribution in [0.25, 0.3) is 4.98 Å². The molecule has 35 heavy (non-hydrogen) atoms. The van der Waals surface area contributed by atoms with E-state index in [-0.39, 0.29) is 27.3 Å². The number of rotatable bonds is 4. The van der Waals surface area contributed by atoms with E-state index in [1.54, 1.807) is 6.92 Å². The normalized spacial score (nSPS) is 25.5. The van der Waals surface area contributed by atoms with Crippen molar-refractivity contribution in [2.24, 2.45) is 11.8 Å². The molecule has 0 N–H and O–H groups in total. The van der Waals surface area contributed by atoms with Gasteiger partial charge in [0.25, 0.3) is 0 Å². The molecule has 0 aromatic heterocycles. The van der Waals surface area contributed by atoms with Crippen LogP contribution in [0, 0.1) is 25.7 Å². The quantitative estimate of drug-likeness (QED) is 0.294. The summed E-state index contributed by atoms with van der Waals surface area (Å²) in [5.41, 5.74) is 3.16. The van der Waals surface area contributed by atoms with Crippen molar-refractivity contribution in [2.45, 2.75) is 77.2 Å². The van der Waals surface area contributed by atoms with Gasteiger partial charge in [-0.15, -0.1) is 11.6 Å². The van der Waals surface area contributed by atoms with E-state index in [9.17, 15) is 0 Å². The van der Waals surface area contributed by atoms with Gasteiger partial charge in [-0.3, -0.25) is 4.90 Å². The average Bonchev–Trinajstić information content (AvgIpc) is 3.42. The van der Waals surface area contributed by atoms with Crippen LogP contribution in [0.15, 0.2) is 48.6 Å². The van der Waals surface area contributed by atoms with Crippen molar-refractivity contribution < 1.29 is 21.7 Å². The van der Waals surface area contributed by atoms with Gasteiger partial charge < -0.3 is 16.8 Å². The van der Waals surface area contributed by atoms with Crippen molar-refractivity contribution >= 4 is 13.9 Å². The zero-order valence-corrected chi connectivity index (χ0v) is 26.3. The van der Waals surface area contributed by atoms with E-state index in [2.05, 4.69) is 87.9 Å². The molecular weight excluding hydrogens is 478 g/mol. The molecule has 2 aliphatic carbocycles. The van der Waals surface area contributed by atoms with Crippen LogP contribution in [0.2, 0.25) is 18.6 Å². The second-order valence-electron chi connectivity index (χ2n) is 11.5. The average molecular weight is 529 g/mol. The topological polar surface area (TPSA) is 20.6 Å². The number of anilines is 1. The van der Waals surface area contributed by atoms with Crippen LogP contribution in [0.3, 0.4) is 0 Å². The van der Waals surface area contributed by atoms with Crippen molar-refractivity contribution in [2.75, 3.05) is 32.1 Å². The van der Waals surface area contributed by atoms with E-state index in [1.165, 1.54) is 38.0 Å². The minimum Gasteiger partial charge on any atom is -0.660 e. The summed E-state index contributed by atoms with van der Waals surface area (Å²) < 4.78 is 0. The molecule has 0 bridgehead atoms. The molecule has 4 atom stereocenters. The number of nitrogens with zero attached hydrogens (tertiary/aromatic N) is 3. The Morgan fingerprint density at radius 1 is 0.971 bits per heavy atom. The standard InChI is InChI=1S/C19H33N2Si.C9H12N.C2H5.Ti/c1-19(2,3)20-22(4,5)18-14-17(21-12-8-9-13-21)15-10-6-7-11-16(15)18;1-8-6-4-5-7-9(8)10(2)3;1-2;/h6-7,10-11,15-18H,8-9,12-14H2,1-5H3;4-7H,1H2,2-3H3;1H2,2H3;/q3*-1;+4. The third-order valence-corrected chi connectivity index (χ3v) is 10.9. The van der Waals surface area contributed by atoms with Gasteiger partial charge >= 0.3 is 21.7 Å². The molecule has 1 aromatic rings. The van der Waals surface area contributed by atoms with Crippen molar-refractivity contribution in [1.29, 1.82) is 0 Å². The van der Waals surface area contributed by atoms with Gasteiger partial charge in [-0.1, -0.05) is 89.8 Å². The summed E-state index contributed by atoms with van der Waals surface area (Å²) in [6.07, 6.45) is 13.7. The summed E-state index contributed by atoms with van der Waals surface area (Å²) in [5, 5.41) is 0. The fourth-order valence-electron chi connectivity index (χ4n) is 6.12. The number of benzene rings is 1. The number of hydrogen-bond donors (Lipinski definition) is 0. The summed E-state index contributed by atoms with van der Waals surface area (Å²) >= 11 is 0. The van der Waals surface area contributed by atoms with E-state index in [4.69, 9.17) is 4.98 Å². The predicted octanol–water partition coefficient (Wildman–Crippen LogP) is 7.73. The predicted molar refractivity (Wildman–Crippen MR) is 155 cm³/mol. The zero-order valence-electron chi connectivity index (χ0n) is 23.7. The first-order valence-corrected chi connectivity index (χ1v) is 16.1. The molecule has 0 radical (unpaired) electrons. The molecule has 3 nitrogen and oxygen atoms in total. The molecule has 0 spiro atoms. The third kappa shape index (κ3) is 8.93. The van der Waals surface area contributed by atoms with Crippen molar-refractivity contribution in [3.8, 4) is 0 Å². The largest absolute Gasteiger partial charge is 4.00 e. The second kappa shape index (κ2) is 14.2. The van der Waals surface area contributed by atoms with Crippen LogP contribution < -0.4 is 4.90 Å². The van der Waals surface area contributed by atoms with Gasteiger partial charge in [0.15, 0.2) is 0 Å². The van der Waals surface area contributed by atoms with E-state index in [1.807, 2.05) is 32.3 Å². The van der Waals surface area contributed by atoms with Crippen LogP contribution in [-0.2, 0) is 21.7 Å². The fourth-order valence-corrected chi connectivity index (χ4v) is 10.1. The summed E-state index contributed by atoms with van der Waals surface area (Å²) in [5.74, 6) is 1.46. The molecular formula is C30H50N3SiTi+. The maximum Gasteiger partial charge on any atom is 4.00 e. The van der Waals surface area contributed by atoms with Gasteiger partial charge in [0.05, 0.1) is 0 Å². The Labute approximate surface area is 233 Å². The molecule has 0 amide bonds. The number of hydrogen-bond acceptors (Lipinski definition) is 2. The first-order valence-electron chi connectivity index (χ1n) is 13.1. The maximum atomic E-state index is 5.34. The van der Waals surface area contributed by atoms with Crippen molar-refractivity contribution in [3.05, 3.63) is 73.0 Å². The molecule has 1 saturated carbocycles. The van der Waals surface area contributed by atoms with Gasteiger partial charge in [0.1, 0.15) is 0 Å². The number of allylic oxidation sites excluding steroid dienone is 3. The Kier molecular flexibility index (Phi) is 13.1. The molecule has 1 heterocycles. The minimum atomic E-state index is -1.59. The number of para-hydroxylation sites is 1. The van der Waals surface area contributed by atoms with Crippen LogP contribution >= 0.6 is 0 Å². The molecule has 1 aromatic carbocycles. The van der Waals surface area contributed by atoms with Crippen molar-refractivity contribution in [3.63, 3.8) is 0 Å². The molecule has 4 unspecified atom stereocenters. The molecule has 5 heteroatoms. The Bertz CT molecular complexity index is 806. The molecule has 3 aliphatic rings. The van der Waals surface area contributed by atoms with Crippen LogP contribution in [-0.4, -0.2) is 51.9 Å². The smallest absolute Gasteiger partial charge is 0.660 e. The Morgan fingerprint density at radius 2 is 1.51 bits per heavy atom. The summed E-state index contributed by atoms with van der Waals surface area (Å²) in [6, 6.07) is 8.84. The maximum absolute atomic E-state index is 5.34. The first-order chi connectivity index (χ1) is 16.0. The van der Waals surface area contributed by atoms with Gasteiger partial charge in [-0.25, -0.2) is 0 Å². The van der Waals surface area contributed by atoms with Crippen LogP contribution in [0.4, 0.5) is 5.69 Å². The summed E-state index contributed by atoms with van der Waals surface area (Å²) in [6.45, 7) is 23.3. The number of fused-ring (bicyclic) bond motifs is 1. The summed E-state index contributed by atoms with van der Waals surface area (Å²) in [7, 11) is 2.44. The van der Waals surface area contributed by atoms with E-state index >= 15 is 0 Å². The van der Waals surface area contributed by atoms with Gasteiger partial charge in [0, 0.05) is 6.04 Å². The molecule has 2 fully saturated rings. The molecule has 192 valence electrons. The van der Waals surface area contributed by atoms with Crippen LogP contribution in [0.1, 0.15) is 52.5 Å². The number of likely N-dealkylation sites (tertiary alicyclic amines) is 1. The van der Waals surface area contributed by atoms with Gasteiger partial charge in [0.2, 0.25) is 0 Å². The molecule has 4 rings (SSSR count). The summed E-state index contributed by atoms with van der Waals surface area (Å²) in [4.78, 5) is 10.2. The van der Waals surface area contributed by atoms with Crippen molar-refractivity contribution in [1.82, 2.24) is 4.90 Å². The minimum absolute atomic E-state index is 0. The molecule has 1 aliphatic heterocycles. The van der Waals surface area contributed by atoms with Gasteiger partial charge in [-0.2, -0.15) is 25.5 Å². The van der Waals surface area contributed by atoms with E-state index in [0.29, 0.717) is 0 Å². The monoisotopic (exact) mass is 528 g/mol. The van der Waals surface area contributed by atoms with E-state index in [0.717, 1.165) is 29.0 Å². The Balaban J connectivity index is 0.000000398. The van der Waals surface area contributed by atoms with Crippen LogP contribution in [0.5, 0.6) is 0 Å². The Hall–Kier alpha value is -0.779. The second-order valence-corrected chi connectivity index (χ2v) is 15.8. The van der Waals surface area contributed by atoms with E-state index < -0.39 is 8.24 Å². The Morgan fingerprint density at radius 3 is 2.00 bits per heavy atom. The SMILES string of the molecule is CC(C)(C)[N-][Si](C)(C)C1CC(N2CCCC2)C2C=CC=CC21.[CH2-]C.[CH2-]c1ccccc1N(C)C.[Ti+4]. The van der Waals surface area contributed by atoms with Gasteiger partial charge in [-0.05, 0) is 58.3 Å².